The van der Waals surface area contributed by atoms with Crippen molar-refractivity contribution >= 4 is 39.2 Å². The van der Waals surface area contributed by atoms with Gasteiger partial charge in [-0.3, -0.25) is 0 Å². The van der Waals surface area contributed by atoms with Gasteiger partial charge in [0.05, 0.1) is 20.5 Å². The standard InChI is InChI=1S/C18H17Cl2NO4S/c19-16-8-3-13(11-17(16)20)12-25-18(22)14-4-6-15(7-5-14)26(23,24)21-9-1-2-10-21/h3-8,11H,1-2,9-10,12H2. The van der Waals surface area contributed by atoms with Crippen molar-refractivity contribution in [1.29, 1.82) is 0 Å². The van der Waals surface area contributed by atoms with Gasteiger partial charge in [0, 0.05) is 13.1 Å². The highest BCUT2D eigenvalue weighted by atomic mass is 35.5. The summed E-state index contributed by atoms with van der Waals surface area (Å²) in [5, 5.41) is 0.813. The summed E-state index contributed by atoms with van der Waals surface area (Å²) >= 11 is 11.8. The van der Waals surface area contributed by atoms with E-state index in [-0.39, 0.29) is 17.1 Å². The van der Waals surface area contributed by atoms with Crippen LogP contribution in [0.4, 0.5) is 0 Å². The number of ether oxygens (including phenoxy) is 1. The smallest absolute Gasteiger partial charge is 0.338 e. The SMILES string of the molecule is O=C(OCc1ccc(Cl)c(Cl)c1)c1ccc(S(=O)(=O)N2CCCC2)cc1. The summed E-state index contributed by atoms with van der Waals surface area (Å²) in [6, 6.07) is 10.8. The predicted molar refractivity (Wildman–Crippen MR) is 100 cm³/mol. The van der Waals surface area contributed by atoms with Crippen molar-refractivity contribution < 1.29 is 17.9 Å². The molecule has 0 radical (unpaired) electrons. The number of hydrogen-bond donors (Lipinski definition) is 0. The van der Waals surface area contributed by atoms with Crippen molar-refractivity contribution in [2.45, 2.75) is 24.3 Å². The maximum Gasteiger partial charge on any atom is 0.338 e. The zero-order valence-electron chi connectivity index (χ0n) is 13.8. The quantitative estimate of drug-likeness (QED) is 0.690. The summed E-state index contributed by atoms with van der Waals surface area (Å²) in [7, 11) is -3.49. The van der Waals surface area contributed by atoms with Crippen LogP contribution in [-0.4, -0.2) is 31.8 Å². The minimum Gasteiger partial charge on any atom is -0.457 e. The van der Waals surface area contributed by atoms with E-state index in [0.717, 1.165) is 12.8 Å². The molecular weight excluding hydrogens is 397 g/mol. The predicted octanol–water partition coefficient (Wildman–Crippen LogP) is 4.13. The monoisotopic (exact) mass is 413 g/mol. The Labute approximate surface area is 162 Å². The molecular formula is C18H17Cl2NO4S. The second-order valence-corrected chi connectivity index (χ2v) is 8.71. The lowest BCUT2D eigenvalue weighted by Gasteiger charge is -2.15. The number of carbonyl (C=O) groups is 1. The van der Waals surface area contributed by atoms with Gasteiger partial charge < -0.3 is 4.74 Å². The van der Waals surface area contributed by atoms with Crippen LogP contribution in [0.25, 0.3) is 0 Å². The molecule has 3 rings (SSSR count). The molecule has 0 saturated carbocycles. The van der Waals surface area contributed by atoms with E-state index in [1.165, 1.54) is 28.6 Å². The van der Waals surface area contributed by atoms with E-state index in [0.29, 0.717) is 28.7 Å². The van der Waals surface area contributed by atoms with Gasteiger partial charge in [-0.25, -0.2) is 13.2 Å². The lowest BCUT2D eigenvalue weighted by molar-refractivity contribution is 0.0472. The van der Waals surface area contributed by atoms with Crippen molar-refractivity contribution in [2.24, 2.45) is 0 Å². The van der Waals surface area contributed by atoms with Crippen molar-refractivity contribution in [3.63, 3.8) is 0 Å². The van der Waals surface area contributed by atoms with Crippen LogP contribution in [0.2, 0.25) is 10.0 Å². The fraction of sp³-hybridized carbons (Fsp3) is 0.278. The van der Waals surface area contributed by atoms with Gasteiger partial charge in [0.25, 0.3) is 0 Å². The molecule has 1 aliphatic heterocycles. The number of halogens is 2. The van der Waals surface area contributed by atoms with Crippen molar-refractivity contribution in [3.8, 4) is 0 Å². The Kier molecular flexibility index (Phi) is 5.87. The first-order valence-corrected chi connectivity index (χ1v) is 10.3. The molecule has 1 fully saturated rings. The Balaban J connectivity index is 1.66. The number of esters is 1. The highest BCUT2D eigenvalue weighted by molar-refractivity contribution is 7.89. The average Bonchev–Trinajstić information content (AvgIpc) is 3.18. The molecule has 0 unspecified atom stereocenters. The number of nitrogens with zero attached hydrogens (tertiary/aromatic N) is 1. The van der Waals surface area contributed by atoms with Crippen LogP contribution >= 0.6 is 23.2 Å². The Morgan fingerprint density at radius 2 is 1.65 bits per heavy atom. The van der Waals surface area contributed by atoms with Crippen LogP contribution in [-0.2, 0) is 21.4 Å². The van der Waals surface area contributed by atoms with Gasteiger partial charge in [0.15, 0.2) is 0 Å². The molecule has 0 amide bonds. The summed E-state index contributed by atoms with van der Waals surface area (Å²) in [6.07, 6.45) is 1.75. The van der Waals surface area contributed by atoms with Gasteiger partial charge in [0.1, 0.15) is 6.61 Å². The first-order chi connectivity index (χ1) is 12.4. The highest BCUT2D eigenvalue weighted by Gasteiger charge is 2.27. The van der Waals surface area contributed by atoms with E-state index in [9.17, 15) is 13.2 Å². The number of benzene rings is 2. The van der Waals surface area contributed by atoms with Crippen LogP contribution in [0.1, 0.15) is 28.8 Å². The first kappa shape index (κ1) is 19.2. The molecule has 0 bridgehead atoms. The van der Waals surface area contributed by atoms with Gasteiger partial charge in [0.2, 0.25) is 10.0 Å². The van der Waals surface area contributed by atoms with Crippen molar-refractivity contribution in [1.82, 2.24) is 4.31 Å². The molecule has 1 heterocycles. The minimum absolute atomic E-state index is 0.0452. The maximum absolute atomic E-state index is 12.5. The van der Waals surface area contributed by atoms with E-state index >= 15 is 0 Å². The Morgan fingerprint density at radius 1 is 1.00 bits per heavy atom. The molecule has 8 heteroatoms. The zero-order chi connectivity index (χ0) is 18.7. The average molecular weight is 414 g/mol. The Hall–Kier alpha value is -1.60. The molecule has 2 aromatic rings. The normalized spacial score (nSPS) is 15.2. The van der Waals surface area contributed by atoms with Crippen LogP contribution < -0.4 is 0 Å². The summed E-state index contributed by atoms with van der Waals surface area (Å²) in [4.78, 5) is 12.3. The summed E-state index contributed by atoms with van der Waals surface area (Å²) < 4.78 is 31.6. The molecule has 5 nitrogen and oxygen atoms in total. The van der Waals surface area contributed by atoms with E-state index in [1.54, 1.807) is 18.2 Å². The number of rotatable bonds is 5. The van der Waals surface area contributed by atoms with Gasteiger partial charge in [-0.15, -0.1) is 0 Å². The molecule has 0 atom stereocenters. The van der Waals surface area contributed by atoms with E-state index in [1.807, 2.05) is 0 Å². The molecule has 138 valence electrons. The summed E-state index contributed by atoms with van der Waals surface area (Å²) in [5.74, 6) is -0.541. The summed E-state index contributed by atoms with van der Waals surface area (Å²) in [6.45, 7) is 1.12. The van der Waals surface area contributed by atoms with Crippen LogP contribution in [0.5, 0.6) is 0 Å². The lowest BCUT2D eigenvalue weighted by Crippen LogP contribution is -2.27. The highest BCUT2D eigenvalue weighted by Crippen LogP contribution is 2.24. The molecule has 0 aromatic heterocycles. The van der Waals surface area contributed by atoms with E-state index in [4.69, 9.17) is 27.9 Å². The third kappa shape index (κ3) is 4.20. The van der Waals surface area contributed by atoms with Gasteiger partial charge in [-0.1, -0.05) is 29.3 Å². The number of hydrogen-bond acceptors (Lipinski definition) is 4. The van der Waals surface area contributed by atoms with Crippen molar-refractivity contribution in [2.75, 3.05) is 13.1 Å². The topological polar surface area (TPSA) is 63.7 Å². The fourth-order valence-electron chi connectivity index (χ4n) is 2.70. The van der Waals surface area contributed by atoms with Crippen LogP contribution in [0.15, 0.2) is 47.4 Å². The number of carbonyl (C=O) groups excluding carboxylic acids is 1. The molecule has 26 heavy (non-hydrogen) atoms. The minimum atomic E-state index is -3.49. The van der Waals surface area contributed by atoms with Gasteiger partial charge >= 0.3 is 5.97 Å². The third-order valence-corrected chi connectivity index (χ3v) is 6.80. The first-order valence-electron chi connectivity index (χ1n) is 8.09. The zero-order valence-corrected chi connectivity index (χ0v) is 16.1. The molecule has 1 saturated heterocycles. The molecule has 0 aliphatic carbocycles. The lowest BCUT2D eigenvalue weighted by atomic mass is 10.2. The third-order valence-electron chi connectivity index (χ3n) is 4.15. The Bertz CT molecular complexity index is 907. The maximum atomic E-state index is 12.5. The van der Waals surface area contributed by atoms with Crippen molar-refractivity contribution in [3.05, 3.63) is 63.6 Å². The van der Waals surface area contributed by atoms with Crippen LogP contribution in [0.3, 0.4) is 0 Å². The van der Waals surface area contributed by atoms with E-state index < -0.39 is 16.0 Å². The largest absolute Gasteiger partial charge is 0.457 e. The Morgan fingerprint density at radius 3 is 2.27 bits per heavy atom. The summed E-state index contributed by atoms with van der Waals surface area (Å²) in [5.41, 5.74) is 0.992. The fourth-order valence-corrected chi connectivity index (χ4v) is 4.54. The van der Waals surface area contributed by atoms with Gasteiger partial charge in [-0.2, -0.15) is 4.31 Å². The van der Waals surface area contributed by atoms with Gasteiger partial charge in [-0.05, 0) is 54.8 Å². The van der Waals surface area contributed by atoms with Crippen LogP contribution in [0, 0.1) is 0 Å². The molecule has 0 spiro atoms. The van der Waals surface area contributed by atoms with E-state index in [2.05, 4.69) is 0 Å². The second kappa shape index (κ2) is 7.96. The molecule has 1 aliphatic rings. The number of sulfonamides is 1. The molecule has 0 N–H and O–H groups in total. The second-order valence-electron chi connectivity index (χ2n) is 5.96. The molecule has 2 aromatic carbocycles.